The number of rotatable bonds is 5. The molecule has 1 saturated heterocycles. The first-order valence-electron chi connectivity index (χ1n) is 8.82. The number of carbonyl (C=O) groups is 1. The molecule has 0 aliphatic carbocycles. The van der Waals surface area contributed by atoms with Gasteiger partial charge in [0.2, 0.25) is 0 Å². The number of benzene rings is 2. The standard InChI is InChI=1S/C21H22N2O3S/c1-4-14-6-9-16(10-7-14)22-21-23(3)20(25)19(27-21)13-15-8-11-17(24)18(12-15)26-5-2/h6-13,24H,4-5H2,1-3H3/b19-13+,22-21?. The Labute approximate surface area is 163 Å². The van der Waals surface area contributed by atoms with E-state index in [1.807, 2.05) is 31.2 Å². The van der Waals surface area contributed by atoms with Gasteiger partial charge in [0.25, 0.3) is 5.91 Å². The first-order chi connectivity index (χ1) is 13.0. The minimum absolute atomic E-state index is 0.0827. The zero-order valence-electron chi connectivity index (χ0n) is 15.6. The van der Waals surface area contributed by atoms with E-state index in [0.29, 0.717) is 22.4 Å². The van der Waals surface area contributed by atoms with Gasteiger partial charge < -0.3 is 9.84 Å². The van der Waals surface area contributed by atoms with Gasteiger partial charge >= 0.3 is 0 Å². The van der Waals surface area contributed by atoms with Crippen LogP contribution < -0.4 is 4.74 Å². The number of aryl methyl sites for hydroxylation is 1. The summed E-state index contributed by atoms with van der Waals surface area (Å²) in [5.74, 6) is 0.384. The summed E-state index contributed by atoms with van der Waals surface area (Å²) in [6.45, 7) is 4.42. The smallest absolute Gasteiger partial charge is 0.266 e. The van der Waals surface area contributed by atoms with Crippen LogP contribution in [0.2, 0.25) is 0 Å². The Morgan fingerprint density at radius 3 is 2.59 bits per heavy atom. The van der Waals surface area contributed by atoms with Crippen LogP contribution >= 0.6 is 11.8 Å². The van der Waals surface area contributed by atoms with Crippen LogP contribution in [0.25, 0.3) is 6.08 Å². The molecule has 27 heavy (non-hydrogen) atoms. The number of likely N-dealkylation sites (N-methyl/N-ethyl adjacent to an activating group) is 1. The van der Waals surface area contributed by atoms with E-state index in [0.717, 1.165) is 17.7 Å². The molecule has 140 valence electrons. The maximum Gasteiger partial charge on any atom is 0.266 e. The number of ether oxygens (including phenoxy) is 1. The van der Waals surface area contributed by atoms with Crippen molar-refractivity contribution >= 4 is 34.6 Å². The molecule has 1 aliphatic heterocycles. The van der Waals surface area contributed by atoms with Crippen molar-refractivity contribution < 1.29 is 14.6 Å². The van der Waals surface area contributed by atoms with Gasteiger partial charge in [-0.05, 0) is 66.6 Å². The summed E-state index contributed by atoms with van der Waals surface area (Å²) >= 11 is 1.33. The van der Waals surface area contributed by atoms with Crippen LogP contribution in [0.3, 0.4) is 0 Å². The van der Waals surface area contributed by atoms with E-state index in [2.05, 4.69) is 11.9 Å². The second-order valence-corrected chi connectivity index (χ2v) is 7.06. The molecule has 0 saturated carbocycles. The van der Waals surface area contributed by atoms with Crippen LogP contribution in [0.4, 0.5) is 5.69 Å². The van der Waals surface area contributed by atoms with Gasteiger partial charge in [-0.15, -0.1) is 0 Å². The van der Waals surface area contributed by atoms with Crippen LogP contribution in [0.15, 0.2) is 52.4 Å². The predicted molar refractivity (Wildman–Crippen MR) is 111 cm³/mol. The highest BCUT2D eigenvalue weighted by Crippen LogP contribution is 2.34. The van der Waals surface area contributed by atoms with E-state index in [-0.39, 0.29) is 11.7 Å². The highest BCUT2D eigenvalue weighted by molar-refractivity contribution is 8.18. The Balaban J connectivity index is 1.85. The summed E-state index contributed by atoms with van der Waals surface area (Å²) in [5.41, 5.74) is 2.85. The number of phenols is 1. The first kappa shape index (κ1) is 19.0. The van der Waals surface area contributed by atoms with Gasteiger partial charge in [-0.2, -0.15) is 0 Å². The van der Waals surface area contributed by atoms with Crippen molar-refractivity contribution in [1.29, 1.82) is 0 Å². The Morgan fingerprint density at radius 2 is 1.93 bits per heavy atom. The maximum atomic E-state index is 12.6. The number of aliphatic imine (C=N–C) groups is 1. The lowest BCUT2D eigenvalue weighted by molar-refractivity contribution is -0.121. The van der Waals surface area contributed by atoms with Crippen molar-refractivity contribution in [2.75, 3.05) is 13.7 Å². The van der Waals surface area contributed by atoms with Gasteiger partial charge in [0.05, 0.1) is 17.2 Å². The molecule has 0 aromatic heterocycles. The number of aromatic hydroxyl groups is 1. The fourth-order valence-corrected chi connectivity index (χ4v) is 3.60. The summed E-state index contributed by atoms with van der Waals surface area (Å²) in [7, 11) is 1.72. The topological polar surface area (TPSA) is 62.1 Å². The van der Waals surface area contributed by atoms with Crippen LogP contribution in [0, 0.1) is 0 Å². The molecule has 0 spiro atoms. The molecule has 1 aliphatic rings. The van der Waals surface area contributed by atoms with Gasteiger partial charge in [0, 0.05) is 7.05 Å². The number of thioether (sulfide) groups is 1. The largest absolute Gasteiger partial charge is 0.504 e. The molecule has 1 fully saturated rings. The van der Waals surface area contributed by atoms with E-state index < -0.39 is 0 Å². The molecule has 0 unspecified atom stereocenters. The van der Waals surface area contributed by atoms with Crippen molar-refractivity contribution in [2.45, 2.75) is 20.3 Å². The molecule has 6 heteroatoms. The van der Waals surface area contributed by atoms with Gasteiger partial charge in [0.1, 0.15) is 0 Å². The third kappa shape index (κ3) is 4.34. The Bertz CT molecular complexity index is 904. The minimum Gasteiger partial charge on any atom is -0.504 e. The molecule has 0 radical (unpaired) electrons. The first-order valence-corrected chi connectivity index (χ1v) is 9.64. The molecule has 1 N–H and O–H groups in total. The number of carbonyl (C=O) groups excluding carboxylic acids is 1. The molecule has 1 heterocycles. The lowest BCUT2D eigenvalue weighted by Crippen LogP contribution is -2.23. The molecule has 0 bridgehead atoms. The van der Waals surface area contributed by atoms with Crippen LogP contribution in [0.5, 0.6) is 11.5 Å². The van der Waals surface area contributed by atoms with Crippen LogP contribution in [-0.2, 0) is 11.2 Å². The average molecular weight is 382 g/mol. The van der Waals surface area contributed by atoms with Gasteiger partial charge in [0.15, 0.2) is 16.7 Å². The number of hydrogen-bond donors (Lipinski definition) is 1. The van der Waals surface area contributed by atoms with Crippen molar-refractivity contribution in [3.05, 3.63) is 58.5 Å². The highest BCUT2D eigenvalue weighted by Gasteiger charge is 2.30. The zero-order chi connectivity index (χ0) is 19.4. The third-order valence-electron chi connectivity index (χ3n) is 4.15. The third-order valence-corrected chi connectivity index (χ3v) is 5.21. The monoisotopic (exact) mass is 382 g/mol. The van der Waals surface area contributed by atoms with E-state index in [4.69, 9.17) is 4.74 Å². The molecule has 0 atom stereocenters. The number of phenolic OH excluding ortho intramolecular Hbond substituents is 1. The Hall–Kier alpha value is -2.73. The quantitative estimate of drug-likeness (QED) is 0.769. The van der Waals surface area contributed by atoms with Crippen molar-refractivity contribution in [2.24, 2.45) is 4.99 Å². The Kier molecular flexibility index (Phi) is 5.86. The lowest BCUT2D eigenvalue weighted by Gasteiger charge is -2.07. The average Bonchev–Trinajstić information content (AvgIpc) is 2.93. The Morgan fingerprint density at radius 1 is 1.19 bits per heavy atom. The van der Waals surface area contributed by atoms with E-state index in [1.54, 1.807) is 36.2 Å². The van der Waals surface area contributed by atoms with E-state index in [1.165, 1.54) is 17.3 Å². The predicted octanol–water partition coefficient (Wildman–Crippen LogP) is 4.59. The summed E-state index contributed by atoms with van der Waals surface area (Å²) in [5, 5.41) is 10.5. The molecule has 1 amide bonds. The van der Waals surface area contributed by atoms with Gasteiger partial charge in [-0.3, -0.25) is 9.69 Å². The fraction of sp³-hybridized carbons (Fsp3) is 0.238. The summed E-state index contributed by atoms with van der Waals surface area (Å²) in [6.07, 6.45) is 2.77. The SMILES string of the molecule is CCOc1cc(/C=C2/SC(=Nc3ccc(CC)cc3)N(C)C2=O)ccc1O. The molecule has 3 rings (SSSR count). The van der Waals surface area contributed by atoms with Crippen molar-refractivity contribution in [3.8, 4) is 11.5 Å². The molecule has 5 nitrogen and oxygen atoms in total. The maximum absolute atomic E-state index is 12.6. The second kappa shape index (κ2) is 8.31. The highest BCUT2D eigenvalue weighted by atomic mass is 32.2. The number of amidine groups is 1. The number of amides is 1. The minimum atomic E-state index is -0.102. The van der Waals surface area contributed by atoms with E-state index >= 15 is 0 Å². The van der Waals surface area contributed by atoms with Crippen LogP contribution in [-0.4, -0.2) is 34.7 Å². The van der Waals surface area contributed by atoms with Crippen LogP contribution in [0.1, 0.15) is 25.0 Å². The lowest BCUT2D eigenvalue weighted by atomic mass is 10.2. The summed E-state index contributed by atoms with van der Waals surface area (Å²) < 4.78 is 5.40. The fourth-order valence-electron chi connectivity index (χ4n) is 2.61. The molecular formula is C21H22N2O3S. The summed E-state index contributed by atoms with van der Waals surface area (Å²) in [6, 6.07) is 13.0. The molecule has 2 aromatic carbocycles. The normalized spacial score (nSPS) is 17.1. The zero-order valence-corrected chi connectivity index (χ0v) is 16.4. The molecule has 2 aromatic rings. The molecular weight excluding hydrogens is 360 g/mol. The van der Waals surface area contributed by atoms with Gasteiger partial charge in [-0.25, -0.2) is 4.99 Å². The van der Waals surface area contributed by atoms with Crippen molar-refractivity contribution in [3.63, 3.8) is 0 Å². The second-order valence-electron chi connectivity index (χ2n) is 6.05. The van der Waals surface area contributed by atoms with E-state index in [9.17, 15) is 9.90 Å². The summed E-state index contributed by atoms with van der Waals surface area (Å²) in [4.78, 5) is 19.3. The van der Waals surface area contributed by atoms with Gasteiger partial charge in [-0.1, -0.05) is 25.1 Å². The number of hydrogen-bond acceptors (Lipinski definition) is 5. The van der Waals surface area contributed by atoms with Crippen molar-refractivity contribution in [1.82, 2.24) is 4.90 Å². The number of nitrogens with zero attached hydrogens (tertiary/aromatic N) is 2.